The minimum Gasteiger partial charge on any atom is -0.341 e. The van der Waals surface area contributed by atoms with Gasteiger partial charge >= 0.3 is 0 Å². The molecule has 2 aliphatic heterocycles. The van der Waals surface area contributed by atoms with Crippen LogP contribution in [0.2, 0.25) is 0 Å². The van der Waals surface area contributed by atoms with Crippen molar-refractivity contribution in [2.45, 2.75) is 32.1 Å². The Labute approximate surface area is 146 Å². The molecule has 2 aliphatic rings. The molecular weight excluding hydrogens is 298 g/mol. The predicted molar refractivity (Wildman–Crippen MR) is 98.0 cm³/mol. The summed E-state index contributed by atoms with van der Waals surface area (Å²) in [6, 6.07) is 10.3. The minimum atomic E-state index is 0.322. The minimum absolute atomic E-state index is 0.322. The average Bonchev–Trinajstić information content (AvgIpc) is 2.87. The first-order valence-corrected chi connectivity index (χ1v) is 9.56. The van der Waals surface area contributed by atoms with Crippen molar-refractivity contribution in [3.63, 3.8) is 0 Å². The van der Waals surface area contributed by atoms with Crippen LogP contribution < -0.4 is 5.32 Å². The molecule has 0 radical (unpaired) electrons. The van der Waals surface area contributed by atoms with Gasteiger partial charge in [0.15, 0.2) is 0 Å². The number of amides is 1. The van der Waals surface area contributed by atoms with Gasteiger partial charge in [-0.1, -0.05) is 30.3 Å². The molecule has 0 spiro atoms. The van der Waals surface area contributed by atoms with Crippen LogP contribution in [0.15, 0.2) is 30.3 Å². The zero-order valence-corrected chi connectivity index (χ0v) is 14.8. The zero-order chi connectivity index (χ0) is 16.6. The van der Waals surface area contributed by atoms with Gasteiger partial charge in [0.05, 0.1) is 0 Å². The van der Waals surface area contributed by atoms with Crippen molar-refractivity contribution < 1.29 is 4.79 Å². The quantitative estimate of drug-likeness (QED) is 0.899. The maximum Gasteiger partial charge on any atom is 0.222 e. The third-order valence-electron chi connectivity index (χ3n) is 5.39. The number of hydrogen-bond acceptors (Lipinski definition) is 3. The molecule has 1 aromatic rings. The molecule has 3 rings (SSSR count). The molecule has 132 valence electrons. The molecule has 4 nitrogen and oxygen atoms in total. The van der Waals surface area contributed by atoms with Crippen LogP contribution >= 0.6 is 0 Å². The first kappa shape index (κ1) is 17.4. The van der Waals surface area contributed by atoms with Gasteiger partial charge in [-0.2, -0.15) is 0 Å². The highest BCUT2D eigenvalue weighted by molar-refractivity contribution is 5.76. The van der Waals surface area contributed by atoms with E-state index in [1.54, 1.807) is 0 Å². The summed E-state index contributed by atoms with van der Waals surface area (Å²) in [7, 11) is 0. The van der Waals surface area contributed by atoms with Crippen LogP contribution in [0, 0.1) is 5.92 Å². The largest absolute Gasteiger partial charge is 0.341 e. The lowest BCUT2D eigenvalue weighted by molar-refractivity contribution is -0.131. The van der Waals surface area contributed by atoms with Crippen molar-refractivity contribution in [1.82, 2.24) is 15.1 Å². The fraction of sp³-hybridized carbons (Fsp3) is 0.650. The lowest BCUT2D eigenvalue weighted by Crippen LogP contribution is -2.39. The number of carbonyl (C=O) groups is 1. The van der Waals surface area contributed by atoms with Gasteiger partial charge in [-0.25, -0.2) is 0 Å². The Morgan fingerprint density at radius 2 is 1.83 bits per heavy atom. The molecule has 2 heterocycles. The van der Waals surface area contributed by atoms with E-state index >= 15 is 0 Å². The van der Waals surface area contributed by atoms with Gasteiger partial charge in [0.1, 0.15) is 0 Å². The van der Waals surface area contributed by atoms with Crippen molar-refractivity contribution in [1.29, 1.82) is 0 Å². The van der Waals surface area contributed by atoms with E-state index in [2.05, 4.69) is 27.2 Å². The molecule has 2 saturated heterocycles. The third kappa shape index (κ3) is 5.32. The van der Waals surface area contributed by atoms with E-state index in [1.807, 2.05) is 18.2 Å². The number of rotatable bonds is 5. The highest BCUT2D eigenvalue weighted by atomic mass is 16.2. The van der Waals surface area contributed by atoms with Gasteiger partial charge in [-0.05, 0) is 56.8 Å². The van der Waals surface area contributed by atoms with Crippen molar-refractivity contribution in [3.05, 3.63) is 35.9 Å². The predicted octanol–water partition coefficient (Wildman–Crippen LogP) is 2.15. The van der Waals surface area contributed by atoms with Crippen molar-refractivity contribution in [2.24, 2.45) is 5.92 Å². The van der Waals surface area contributed by atoms with Crippen LogP contribution in [0.3, 0.4) is 0 Å². The van der Waals surface area contributed by atoms with Crippen molar-refractivity contribution >= 4 is 5.91 Å². The number of nitrogens with one attached hydrogen (secondary N) is 1. The maximum atomic E-state index is 12.5. The molecule has 1 amide bonds. The first-order valence-electron chi connectivity index (χ1n) is 9.56. The van der Waals surface area contributed by atoms with E-state index in [-0.39, 0.29) is 0 Å². The second kappa shape index (κ2) is 9.19. The third-order valence-corrected chi connectivity index (χ3v) is 5.39. The molecule has 24 heavy (non-hydrogen) atoms. The van der Waals surface area contributed by atoms with Crippen LogP contribution in [0.25, 0.3) is 0 Å². The molecule has 0 saturated carbocycles. The molecule has 0 atom stereocenters. The van der Waals surface area contributed by atoms with Gasteiger partial charge in [-0.3, -0.25) is 4.79 Å². The Kier molecular flexibility index (Phi) is 6.67. The Morgan fingerprint density at radius 3 is 2.62 bits per heavy atom. The highest BCUT2D eigenvalue weighted by Crippen LogP contribution is 2.15. The van der Waals surface area contributed by atoms with E-state index in [0.717, 1.165) is 44.9 Å². The Bertz CT molecular complexity index is 499. The summed E-state index contributed by atoms with van der Waals surface area (Å²) in [5, 5.41) is 3.44. The first-order chi connectivity index (χ1) is 11.8. The van der Waals surface area contributed by atoms with Gasteiger partial charge in [0, 0.05) is 32.6 Å². The fourth-order valence-electron chi connectivity index (χ4n) is 3.89. The molecule has 1 N–H and O–H groups in total. The van der Waals surface area contributed by atoms with Crippen LogP contribution in [-0.2, 0) is 11.2 Å². The van der Waals surface area contributed by atoms with Crippen LogP contribution in [0.5, 0.6) is 0 Å². The molecule has 0 aromatic heterocycles. The number of piperidine rings is 1. The van der Waals surface area contributed by atoms with E-state index in [9.17, 15) is 4.79 Å². The number of hydrogen-bond donors (Lipinski definition) is 1. The second-order valence-corrected chi connectivity index (χ2v) is 7.21. The van der Waals surface area contributed by atoms with Crippen LogP contribution in [-0.4, -0.2) is 61.5 Å². The normalized spacial score (nSPS) is 20.8. The van der Waals surface area contributed by atoms with Crippen molar-refractivity contribution in [2.75, 3.05) is 45.8 Å². The van der Waals surface area contributed by atoms with E-state index in [0.29, 0.717) is 12.3 Å². The van der Waals surface area contributed by atoms with Gasteiger partial charge in [-0.15, -0.1) is 0 Å². The summed E-state index contributed by atoms with van der Waals surface area (Å²) in [5.41, 5.74) is 1.26. The molecule has 1 aromatic carbocycles. The lowest BCUT2D eigenvalue weighted by Gasteiger charge is -2.29. The van der Waals surface area contributed by atoms with Gasteiger partial charge < -0.3 is 15.1 Å². The fourth-order valence-corrected chi connectivity index (χ4v) is 3.89. The van der Waals surface area contributed by atoms with Gasteiger partial charge in [0.25, 0.3) is 0 Å². The SMILES string of the molecule is O=C(CCc1ccccc1)N1CCCN(CC2CCNCC2)CC1. The van der Waals surface area contributed by atoms with E-state index in [1.165, 1.54) is 38.0 Å². The van der Waals surface area contributed by atoms with E-state index < -0.39 is 0 Å². The van der Waals surface area contributed by atoms with Crippen LogP contribution in [0.4, 0.5) is 0 Å². The van der Waals surface area contributed by atoms with Gasteiger partial charge in [0.2, 0.25) is 5.91 Å². The number of nitrogens with zero attached hydrogens (tertiary/aromatic N) is 2. The zero-order valence-electron chi connectivity index (χ0n) is 14.8. The number of benzene rings is 1. The number of carbonyl (C=O) groups excluding carboxylic acids is 1. The topological polar surface area (TPSA) is 35.6 Å². The molecule has 4 heteroatoms. The summed E-state index contributed by atoms with van der Waals surface area (Å²) in [4.78, 5) is 17.2. The lowest BCUT2D eigenvalue weighted by atomic mass is 9.97. The smallest absolute Gasteiger partial charge is 0.222 e. The summed E-state index contributed by atoms with van der Waals surface area (Å²) in [6.07, 6.45) is 5.21. The summed E-state index contributed by atoms with van der Waals surface area (Å²) in [5.74, 6) is 1.16. The summed E-state index contributed by atoms with van der Waals surface area (Å²) in [6.45, 7) is 7.57. The average molecular weight is 329 g/mol. The Hall–Kier alpha value is -1.39. The molecule has 0 unspecified atom stereocenters. The van der Waals surface area contributed by atoms with E-state index in [4.69, 9.17) is 0 Å². The van der Waals surface area contributed by atoms with Crippen molar-refractivity contribution in [3.8, 4) is 0 Å². The molecule has 0 bridgehead atoms. The monoisotopic (exact) mass is 329 g/mol. The molecule has 2 fully saturated rings. The Balaban J connectivity index is 1.41. The Morgan fingerprint density at radius 1 is 1.04 bits per heavy atom. The number of aryl methyl sites for hydroxylation is 1. The standard InChI is InChI=1S/C20H31N3O/c24-20(8-7-18-5-2-1-3-6-18)23-14-4-13-22(15-16-23)17-19-9-11-21-12-10-19/h1-3,5-6,19,21H,4,7-17H2. The molecule has 0 aliphatic carbocycles. The maximum absolute atomic E-state index is 12.5. The second-order valence-electron chi connectivity index (χ2n) is 7.21. The molecular formula is C20H31N3O. The van der Waals surface area contributed by atoms with Crippen LogP contribution in [0.1, 0.15) is 31.2 Å². The summed E-state index contributed by atoms with van der Waals surface area (Å²) >= 11 is 0. The summed E-state index contributed by atoms with van der Waals surface area (Å²) < 4.78 is 0. The highest BCUT2D eigenvalue weighted by Gasteiger charge is 2.22.